The third kappa shape index (κ3) is 3.87. The lowest BCUT2D eigenvalue weighted by atomic mass is 9.89. The van der Waals surface area contributed by atoms with Gasteiger partial charge in [0, 0.05) is 12.2 Å². The molecule has 20 heavy (non-hydrogen) atoms. The van der Waals surface area contributed by atoms with Crippen LogP contribution in [0.4, 0.5) is 11.4 Å². The molecule has 2 atom stereocenters. The van der Waals surface area contributed by atoms with Gasteiger partial charge < -0.3 is 11.1 Å². The predicted octanol–water partition coefficient (Wildman–Crippen LogP) is 2.84. The molecule has 0 spiro atoms. The van der Waals surface area contributed by atoms with E-state index in [0.29, 0.717) is 28.9 Å². The first kappa shape index (κ1) is 15.1. The highest BCUT2D eigenvalue weighted by Gasteiger charge is 2.23. The number of nitrogen functional groups attached to an aromatic ring is 1. The van der Waals surface area contributed by atoms with E-state index < -0.39 is 0 Å². The monoisotopic (exact) mass is 295 g/mol. The number of anilines is 2. The topological polar surface area (TPSA) is 58.4 Å². The van der Waals surface area contributed by atoms with Gasteiger partial charge in [-0.1, -0.05) is 25.4 Å². The standard InChI is InChI=1S/C15H22ClN3O/c1-10-5-6-19(8-11(10)2)9-15(20)18-12-3-4-13(16)14(17)7-12/h3-4,7,10-11H,5-6,8-9,17H2,1-2H3,(H,18,20). The van der Waals surface area contributed by atoms with Gasteiger partial charge >= 0.3 is 0 Å². The van der Waals surface area contributed by atoms with Crippen molar-refractivity contribution in [1.82, 2.24) is 4.90 Å². The Kier molecular flexibility index (Phi) is 4.89. The fourth-order valence-corrected chi connectivity index (χ4v) is 2.64. The first-order valence-electron chi connectivity index (χ1n) is 7.03. The number of carbonyl (C=O) groups is 1. The molecule has 0 radical (unpaired) electrons. The highest BCUT2D eigenvalue weighted by atomic mass is 35.5. The van der Waals surface area contributed by atoms with Crippen molar-refractivity contribution < 1.29 is 4.79 Å². The first-order chi connectivity index (χ1) is 9.45. The summed E-state index contributed by atoms with van der Waals surface area (Å²) in [5.74, 6) is 1.38. The molecular weight excluding hydrogens is 274 g/mol. The number of benzene rings is 1. The van der Waals surface area contributed by atoms with E-state index in [0.717, 1.165) is 25.4 Å². The average molecular weight is 296 g/mol. The number of likely N-dealkylation sites (tertiary alicyclic amines) is 1. The summed E-state index contributed by atoms with van der Waals surface area (Å²) in [7, 11) is 0. The molecule has 1 amide bonds. The zero-order valence-corrected chi connectivity index (χ0v) is 12.8. The van der Waals surface area contributed by atoms with Crippen LogP contribution >= 0.6 is 11.6 Å². The molecule has 0 bridgehead atoms. The third-order valence-electron chi connectivity index (χ3n) is 4.07. The number of rotatable bonds is 3. The number of amides is 1. The van der Waals surface area contributed by atoms with E-state index in [-0.39, 0.29) is 5.91 Å². The van der Waals surface area contributed by atoms with E-state index in [1.54, 1.807) is 18.2 Å². The van der Waals surface area contributed by atoms with Gasteiger partial charge in [-0.2, -0.15) is 0 Å². The van der Waals surface area contributed by atoms with Gasteiger partial charge in [0.05, 0.1) is 17.3 Å². The highest BCUT2D eigenvalue weighted by molar-refractivity contribution is 6.33. The maximum absolute atomic E-state index is 12.0. The van der Waals surface area contributed by atoms with Gasteiger partial charge in [0.15, 0.2) is 0 Å². The van der Waals surface area contributed by atoms with Gasteiger partial charge in [-0.15, -0.1) is 0 Å². The molecule has 0 aliphatic carbocycles. The number of nitrogens with one attached hydrogen (secondary N) is 1. The molecule has 4 nitrogen and oxygen atoms in total. The summed E-state index contributed by atoms with van der Waals surface area (Å²) in [6.45, 7) is 6.92. The van der Waals surface area contributed by atoms with Crippen LogP contribution in [0.25, 0.3) is 0 Å². The Bertz CT molecular complexity index is 492. The number of hydrogen-bond donors (Lipinski definition) is 2. The summed E-state index contributed by atoms with van der Waals surface area (Å²) in [5, 5.41) is 3.37. The molecule has 110 valence electrons. The molecule has 3 N–H and O–H groups in total. The van der Waals surface area contributed by atoms with Crippen LogP contribution in [0.5, 0.6) is 0 Å². The molecule has 1 aliphatic heterocycles. The van der Waals surface area contributed by atoms with E-state index >= 15 is 0 Å². The molecule has 2 unspecified atom stereocenters. The van der Waals surface area contributed by atoms with Crippen molar-refractivity contribution >= 4 is 28.9 Å². The number of carbonyl (C=O) groups excluding carboxylic acids is 1. The molecular formula is C15H22ClN3O. The van der Waals surface area contributed by atoms with Crippen LogP contribution in [0.15, 0.2) is 18.2 Å². The van der Waals surface area contributed by atoms with Crippen molar-refractivity contribution in [1.29, 1.82) is 0 Å². The SMILES string of the molecule is CC1CCN(CC(=O)Nc2ccc(Cl)c(N)c2)CC1C. The second kappa shape index (κ2) is 6.46. The van der Waals surface area contributed by atoms with Crippen molar-refractivity contribution in [3.05, 3.63) is 23.2 Å². The Hall–Kier alpha value is -1.26. The number of hydrogen-bond acceptors (Lipinski definition) is 3. The molecule has 1 aliphatic rings. The Morgan fingerprint density at radius 3 is 2.85 bits per heavy atom. The van der Waals surface area contributed by atoms with Gasteiger partial charge in [-0.3, -0.25) is 9.69 Å². The summed E-state index contributed by atoms with van der Waals surface area (Å²) in [5.41, 5.74) is 6.89. The normalized spacial score (nSPS) is 23.6. The minimum absolute atomic E-state index is 0.00604. The highest BCUT2D eigenvalue weighted by Crippen LogP contribution is 2.23. The van der Waals surface area contributed by atoms with Crippen LogP contribution in [0.2, 0.25) is 5.02 Å². The lowest BCUT2D eigenvalue weighted by Crippen LogP contribution is -2.42. The first-order valence-corrected chi connectivity index (χ1v) is 7.40. The van der Waals surface area contributed by atoms with Gasteiger partial charge in [0.1, 0.15) is 0 Å². The van der Waals surface area contributed by atoms with Crippen molar-refractivity contribution in [2.24, 2.45) is 11.8 Å². The smallest absolute Gasteiger partial charge is 0.238 e. The second-order valence-electron chi connectivity index (χ2n) is 5.76. The number of piperidine rings is 1. The molecule has 0 saturated carbocycles. The van der Waals surface area contributed by atoms with Crippen LogP contribution in [-0.4, -0.2) is 30.4 Å². The molecule has 0 aromatic heterocycles. The van der Waals surface area contributed by atoms with Crippen molar-refractivity contribution in [2.45, 2.75) is 20.3 Å². The summed E-state index contributed by atoms with van der Waals surface area (Å²) in [6, 6.07) is 5.13. The molecule has 1 heterocycles. The summed E-state index contributed by atoms with van der Waals surface area (Å²) in [6.07, 6.45) is 1.16. The van der Waals surface area contributed by atoms with Crippen molar-refractivity contribution in [2.75, 3.05) is 30.7 Å². The number of nitrogens with two attached hydrogens (primary N) is 1. The van der Waals surface area contributed by atoms with E-state index in [1.807, 2.05) is 0 Å². The average Bonchev–Trinajstić information content (AvgIpc) is 2.38. The van der Waals surface area contributed by atoms with Gasteiger partial charge in [-0.05, 0) is 43.0 Å². The molecule has 1 aromatic rings. The van der Waals surface area contributed by atoms with Crippen molar-refractivity contribution in [3.63, 3.8) is 0 Å². The fourth-order valence-electron chi connectivity index (χ4n) is 2.52. The minimum atomic E-state index is -0.00604. The molecule has 5 heteroatoms. The molecule has 2 rings (SSSR count). The lowest BCUT2D eigenvalue weighted by molar-refractivity contribution is -0.117. The number of nitrogens with zero attached hydrogens (tertiary/aromatic N) is 1. The molecule has 1 saturated heterocycles. The van der Waals surface area contributed by atoms with Gasteiger partial charge in [0.25, 0.3) is 0 Å². The van der Waals surface area contributed by atoms with E-state index in [2.05, 4.69) is 24.1 Å². The Morgan fingerprint density at radius 1 is 1.45 bits per heavy atom. The van der Waals surface area contributed by atoms with Crippen LogP contribution in [0.3, 0.4) is 0 Å². The molecule has 1 fully saturated rings. The number of halogens is 1. The summed E-state index contributed by atoms with van der Waals surface area (Å²) >= 11 is 5.86. The van der Waals surface area contributed by atoms with Crippen molar-refractivity contribution in [3.8, 4) is 0 Å². The molecule has 1 aromatic carbocycles. The van der Waals surface area contributed by atoms with Gasteiger partial charge in [-0.25, -0.2) is 0 Å². The van der Waals surface area contributed by atoms with Crippen LogP contribution in [0.1, 0.15) is 20.3 Å². The van der Waals surface area contributed by atoms with Crippen LogP contribution in [0, 0.1) is 11.8 Å². The third-order valence-corrected chi connectivity index (χ3v) is 4.41. The second-order valence-corrected chi connectivity index (χ2v) is 6.17. The quantitative estimate of drug-likeness (QED) is 0.843. The van der Waals surface area contributed by atoms with Crippen LogP contribution < -0.4 is 11.1 Å². The summed E-state index contributed by atoms with van der Waals surface area (Å²) < 4.78 is 0. The largest absolute Gasteiger partial charge is 0.397 e. The van der Waals surface area contributed by atoms with E-state index in [9.17, 15) is 4.79 Å². The van der Waals surface area contributed by atoms with Gasteiger partial charge in [0.2, 0.25) is 5.91 Å². The summed E-state index contributed by atoms with van der Waals surface area (Å²) in [4.78, 5) is 14.2. The van der Waals surface area contributed by atoms with E-state index in [1.165, 1.54) is 0 Å². The fraction of sp³-hybridized carbons (Fsp3) is 0.533. The minimum Gasteiger partial charge on any atom is -0.397 e. The lowest BCUT2D eigenvalue weighted by Gasteiger charge is -2.34. The maximum Gasteiger partial charge on any atom is 0.238 e. The maximum atomic E-state index is 12.0. The Balaban J connectivity index is 1.87. The Morgan fingerprint density at radius 2 is 2.20 bits per heavy atom. The Labute approximate surface area is 125 Å². The van der Waals surface area contributed by atoms with Crippen LogP contribution in [-0.2, 0) is 4.79 Å². The zero-order valence-electron chi connectivity index (χ0n) is 12.0. The van der Waals surface area contributed by atoms with E-state index in [4.69, 9.17) is 17.3 Å². The zero-order chi connectivity index (χ0) is 14.7. The predicted molar refractivity (Wildman–Crippen MR) is 83.9 cm³/mol.